The van der Waals surface area contributed by atoms with Crippen molar-refractivity contribution in [2.75, 3.05) is 0 Å². The summed E-state index contributed by atoms with van der Waals surface area (Å²) in [6, 6.07) is 5.75. The summed E-state index contributed by atoms with van der Waals surface area (Å²) in [5.41, 5.74) is 0.712. The number of rotatable bonds is 7. The number of amides is 1. The van der Waals surface area contributed by atoms with E-state index in [2.05, 4.69) is 46.5 Å². The zero-order valence-corrected chi connectivity index (χ0v) is 21.7. The summed E-state index contributed by atoms with van der Waals surface area (Å²) in [7, 11) is -2.05. The van der Waals surface area contributed by atoms with Crippen LogP contribution in [0.5, 0.6) is 0 Å². The Morgan fingerprint density at radius 3 is 2.44 bits per heavy atom. The highest BCUT2D eigenvalue weighted by molar-refractivity contribution is 8.16. The number of hydrogen-bond donors (Lipinski definition) is 1. The molecule has 1 saturated heterocycles. The highest BCUT2D eigenvalue weighted by Gasteiger charge is 2.58. The Morgan fingerprint density at radius 2 is 1.91 bits per heavy atom. The molecule has 2 aliphatic rings. The number of non-ortho nitro benzene ring substituents is 1. The van der Waals surface area contributed by atoms with Crippen LogP contribution in [0.25, 0.3) is 0 Å². The zero-order chi connectivity index (χ0) is 24.0. The molecule has 174 valence electrons. The van der Waals surface area contributed by atoms with E-state index in [9.17, 15) is 19.7 Å². The van der Waals surface area contributed by atoms with Crippen molar-refractivity contribution < 1.29 is 23.7 Å². The van der Waals surface area contributed by atoms with Crippen molar-refractivity contribution in [2.24, 2.45) is 5.92 Å². The van der Waals surface area contributed by atoms with Crippen LogP contribution in [0.1, 0.15) is 33.3 Å². The maximum Gasteiger partial charge on any atom is 0.357 e. The van der Waals surface area contributed by atoms with E-state index in [0.717, 1.165) is 0 Å². The van der Waals surface area contributed by atoms with E-state index < -0.39 is 19.2 Å². The van der Waals surface area contributed by atoms with E-state index in [1.54, 1.807) is 0 Å². The molecule has 0 saturated carbocycles. The second-order valence-corrected chi connectivity index (χ2v) is 16.1. The van der Waals surface area contributed by atoms with Crippen molar-refractivity contribution in [3.05, 3.63) is 49.9 Å². The molecule has 11 heteroatoms. The van der Waals surface area contributed by atoms with E-state index in [-0.39, 0.29) is 46.3 Å². The first-order valence-corrected chi connectivity index (χ1v) is 14.5. The molecule has 0 unspecified atom stereocenters. The third-order valence-electron chi connectivity index (χ3n) is 6.26. The topological polar surface area (TPSA) is 99.0 Å². The highest BCUT2D eigenvalue weighted by Crippen LogP contribution is 2.52. The van der Waals surface area contributed by atoms with E-state index in [4.69, 9.17) is 9.16 Å². The number of hydrogen-bond acceptors (Lipinski definition) is 8. The molecule has 1 aromatic carbocycles. The lowest BCUT2D eigenvalue weighted by Gasteiger charge is -2.48. The number of carbonyl (C=O) groups is 2. The Labute approximate surface area is 198 Å². The van der Waals surface area contributed by atoms with Gasteiger partial charge in [-0.25, -0.2) is 4.79 Å². The molecule has 0 aromatic heterocycles. The minimum absolute atomic E-state index is 0.0242. The van der Waals surface area contributed by atoms with Gasteiger partial charge in [-0.1, -0.05) is 32.5 Å². The van der Waals surface area contributed by atoms with Crippen LogP contribution in [0.4, 0.5) is 5.69 Å². The van der Waals surface area contributed by atoms with Gasteiger partial charge in [-0.15, -0.1) is 12.6 Å². The van der Waals surface area contributed by atoms with Gasteiger partial charge in [-0.3, -0.25) is 19.8 Å². The number of fused-ring (bicyclic) bond motifs is 1. The van der Waals surface area contributed by atoms with Gasteiger partial charge >= 0.3 is 5.97 Å². The van der Waals surface area contributed by atoms with E-state index in [0.29, 0.717) is 9.80 Å². The maximum absolute atomic E-state index is 13.0. The number of esters is 1. The third kappa shape index (κ3) is 4.61. The molecular weight excluding hydrogens is 468 g/mol. The number of benzene rings is 1. The van der Waals surface area contributed by atoms with Gasteiger partial charge in [0, 0.05) is 12.1 Å². The van der Waals surface area contributed by atoms with Crippen molar-refractivity contribution in [1.29, 1.82) is 0 Å². The predicted molar refractivity (Wildman–Crippen MR) is 128 cm³/mol. The predicted octanol–water partition coefficient (Wildman–Crippen LogP) is 4.68. The first-order chi connectivity index (χ1) is 14.7. The average Bonchev–Trinajstić information content (AvgIpc) is 2.97. The summed E-state index contributed by atoms with van der Waals surface area (Å²) in [6.07, 6.45) is -0.270. The van der Waals surface area contributed by atoms with Gasteiger partial charge in [0.1, 0.15) is 12.0 Å². The van der Waals surface area contributed by atoms with Gasteiger partial charge < -0.3 is 9.16 Å². The van der Waals surface area contributed by atoms with Crippen LogP contribution in [-0.2, 0) is 25.4 Å². The van der Waals surface area contributed by atoms with Gasteiger partial charge in [0.15, 0.2) is 14.0 Å². The van der Waals surface area contributed by atoms with Crippen molar-refractivity contribution in [3.63, 3.8) is 0 Å². The van der Waals surface area contributed by atoms with Gasteiger partial charge in [-0.05, 0) is 42.8 Å². The summed E-state index contributed by atoms with van der Waals surface area (Å²) < 4.78 is 12.2. The Morgan fingerprint density at radius 1 is 1.31 bits per heavy atom. The molecule has 2 aliphatic heterocycles. The monoisotopic (exact) mass is 496 g/mol. The molecule has 2 heterocycles. The lowest BCUT2D eigenvalue weighted by molar-refractivity contribution is -0.384. The van der Waals surface area contributed by atoms with Gasteiger partial charge in [0.25, 0.3) is 5.69 Å². The summed E-state index contributed by atoms with van der Waals surface area (Å²) in [6.45, 7) is 12.6. The fraction of sp³-hybridized carbons (Fsp3) is 0.524. The SMILES string of the molecule is C[C@H](O[Si](C)(C)C(C)(C)C)[C@@H]1C(=O)N2C(C(=O)OCc3ccc([N+](=O)[O-])cc3)=C(S)S[C@H]12. The first kappa shape index (κ1) is 24.8. The number of ether oxygens (including phenoxy) is 1. The smallest absolute Gasteiger partial charge is 0.357 e. The minimum atomic E-state index is -2.05. The fourth-order valence-corrected chi connectivity index (χ4v) is 6.66. The normalized spacial score (nSPS) is 21.8. The number of thiol groups is 1. The average molecular weight is 497 g/mol. The second-order valence-electron chi connectivity index (χ2n) is 9.48. The van der Waals surface area contributed by atoms with Crippen molar-refractivity contribution in [3.8, 4) is 0 Å². The molecular formula is C21H28N2O6S2Si. The van der Waals surface area contributed by atoms with E-state index in [1.807, 2.05) is 6.92 Å². The van der Waals surface area contributed by atoms with Gasteiger partial charge in [-0.2, -0.15) is 0 Å². The second kappa shape index (κ2) is 8.84. The molecule has 32 heavy (non-hydrogen) atoms. The summed E-state index contributed by atoms with van der Waals surface area (Å²) in [4.78, 5) is 37.4. The van der Waals surface area contributed by atoms with E-state index in [1.165, 1.54) is 40.9 Å². The van der Waals surface area contributed by atoms with Crippen molar-refractivity contribution >= 4 is 50.3 Å². The number of carbonyl (C=O) groups excluding carboxylic acids is 2. The standard InChI is InChI=1S/C21H28N2O6S2Si/c1-12(29-32(5,6)21(2,3)4)15-17(24)22-16(20(30)31-18(15)22)19(25)28-11-13-7-9-14(10-8-13)23(26)27/h7-10,12,15,18,30H,11H2,1-6H3/t12-,15+,18+/m0/s1. The van der Waals surface area contributed by atoms with Crippen LogP contribution in [0.15, 0.2) is 34.2 Å². The molecule has 0 spiro atoms. The highest BCUT2D eigenvalue weighted by atomic mass is 32.2. The van der Waals surface area contributed by atoms with Gasteiger partial charge in [0.05, 0.1) is 21.2 Å². The van der Waals surface area contributed by atoms with Crippen LogP contribution < -0.4 is 0 Å². The number of β-lactam (4-membered cyclic amide) rings is 1. The molecule has 1 aromatic rings. The summed E-state index contributed by atoms with van der Waals surface area (Å²) in [5.74, 6) is -1.16. The lowest BCUT2D eigenvalue weighted by atomic mass is 9.92. The molecule has 1 amide bonds. The number of nitro benzene ring substituents is 1. The van der Waals surface area contributed by atoms with Crippen LogP contribution >= 0.6 is 24.4 Å². The Balaban J connectivity index is 1.63. The first-order valence-electron chi connectivity index (χ1n) is 10.3. The number of thioether (sulfide) groups is 1. The molecule has 0 bridgehead atoms. The lowest BCUT2D eigenvalue weighted by Crippen LogP contribution is -2.62. The molecule has 0 N–H and O–H groups in total. The van der Waals surface area contributed by atoms with Gasteiger partial charge in [0.2, 0.25) is 5.91 Å². The maximum atomic E-state index is 13.0. The minimum Gasteiger partial charge on any atom is -0.456 e. The molecule has 3 rings (SSSR count). The molecule has 8 nitrogen and oxygen atoms in total. The summed E-state index contributed by atoms with van der Waals surface area (Å²) >= 11 is 5.78. The zero-order valence-electron chi connectivity index (χ0n) is 18.9. The van der Waals surface area contributed by atoms with Crippen LogP contribution in [-0.4, -0.2) is 41.5 Å². The number of nitro groups is 1. The van der Waals surface area contributed by atoms with E-state index >= 15 is 0 Å². The van der Waals surface area contributed by atoms with Crippen molar-refractivity contribution in [2.45, 2.75) is 63.9 Å². The Bertz CT molecular complexity index is 973. The third-order valence-corrected chi connectivity index (χ3v) is 12.5. The molecule has 1 fully saturated rings. The van der Waals surface area contributed by atoms with Crippen LogP contribution in [0, 0.1) is 16.0 Å². The largest absolute Gasteiger partial charge is 0.456 e. The van der Waals surface area contributed by atoms with Crippen LogP contribution in [0.2, 0.25) is 18.1 Å². The molecule has 0 aliphatic carbocycles. The Kier molecular flexibility index (Phi) is 6.86. The van der Waals surface area contributed by atoms with Crippen LogP contribution in [0.3, 0.4) is 0 Å². The quantitative estimate of drug-likeness (QED) is 0.146. The number of nitrogens with zero attached hydrogens (tertiary/aromatic N) is 2. The van der Waals surface area contributed by atoms with Crippen molar-refractivity contribution in [1.82, 2.24) is 4.90 Å². The fourth-order valence-electron chi connectivity index (χ4n) is 3.39. The summed E-state index contributed by atoms with van der Waals surface area (Å²) in [5, 5.41) is 10.5. The molecule has 3 atom stereocenters. The Hall–Kier alpha value is -1.82. The molecule has 0 radical (unpaired) electrons.